The molecule has 4 rings (SSSR count). The number of aryl methyl sites for hydroxylation is 1. The van der Waals surface area contributed by atoms with Crippen LogP contribution in [-0.2, 0) is 10.2 Å². The number of rotatable bonds is 4. The first-order valence-corrected chi connectivity index (χ1v) is 10.8. The van der Waals surface area contributed by atoms with Crippen LogP contribution < -0.4 is 10.6 Å². The molecule has 1 aromatic heterocycles. The van der Waals surface area contributed by atoms with Crippen molar-refractivity contribution >= 4 is 22.0 Å². The van der Waals surface area contributed by atoms with E-state index in [1.165, 1.54) is 4.31 Å². The minimum absolute atomic E-state index is 0.189. The van der Waals surface area contributed by atoms with E-state index in [2.05, 4.69) is 14.9 Å². The molecule has 2 aliphatic heterocycles. The molecule has 0 saturated carbocycles. The first kappa shape index (κ1) is 19.1. The van der Waals surface area contributed by atoms with E-state index in [4.69, 9.17) is 5.73 Å². The van der Waals surface area contributed by atoms with Gasteiger partial charge < -0.3 is 10.6 Å². The molecule has 2 saturated heterocycles. The Kier molecular flexibility index (Phi) is 4.76. The maximum absolute atomic E-state index is 13.0. The second-order valence-electron chi connectivity index (χ2n) is 7.77. The molecule has 150 valence electrons. The lowest BCUT2D eigenvalue weighted by Crippen LogP contribution is -2.42. The highest BCUT2D eigenvalue weighted by atomic mass is 32.2. The molecular formula is C19H26N6O2S. The Morgan fingerprint density at radius 3 is 2.46 bits per heavy atom. The zero-order chi connectivity index (χ0) is 20.1. The standard InChI is InChI=1S/C19H26N6O2S/c1-13-9-17(22-19(20)21-13)24-10-15-11-25(28(26,27)23(2)3)18(16(15)12-24)14-7-5-4-6-8-14/h4-9,15-16,18H,10-12H2,1-3H3,(H2,20,21,22)/t15-,16-,18+/m0/s1. The number of nitrogens with zero attached hydrogens (tertiary/aromatic N) is 5. The third-order valence-corrected chi connectivity index (χ3v) is 7.59. The van der Waals surface area contributed by atoms with Crippen LogP contribution >= 0.6 is 0 Å². The smallest absolute Gasteiger partial charge is 0.282 e. The molecule has 0 spiro atoms. The van der Waals surface area contributed by atoms with Crippen LogP contribution in [0.2, 0.25) is 0 Å². The Labute approximate surface area is 166 Å². The summed E-state index contributed by atoms with van der Waals surface area (Å²) in [5.74, 6) is 1.50. The Morgan fingerprint density at radius 2 is 1.82 bits per heavy atom. The van der Waals surface area contributed by atoms with Crippen molar-refractivity contribution < 1.29 is 8.42 Å². The number of fused-ring (bicyclic) bond motifs is 1. The molecule has 9 heteroatoms. The number of hydrogen-bond acceptors (Lipinski definition) is 6. The summed E-state index contributed by atoms with van der Waals surface area (Å²) in [5, 5.41) is 0. The molecule has 28 heavy (non-hydrogen) atoms. The van der Waals surface area contributed by atoms with Gasteiger partial charge in [0, 0.05) is 51.4 Å². The lowest BCUT2D eigenvalue weighted by Gasteiger charge is -2.31. The molecule has 2 aliphatic rings. The van der Waals surface area contributed by atoms with Gasteiger partial charge >= 0.3 is 0 Å². The van der Waals surface area contributed by atoms with Crippen LogP contribution in [0, 0.1) is 18.8 Å². The molecule has 3 heterocycles. The van der Waals surface area contributed by atoms with Crippen LogP contribution in [0.3, 0.4) is 0 Å². The van der Waals surface area contributed by atoms with Gasteiger partial charge in [0.2, 0.25) is 5.95 Å². The van der Waals surface area contributed by atoms with Crippen molar-refractivity contribution in [3.8, 4) is 0 Å². The summed E-state index contributed by atoms with van der Waals surface area (Å²) in [6.07, 6.45) is 0. The highest BCUT2D eigenvalue weighted by Gasteiger charge is 2.52. The summed E-state index contributed by atoms with van der Waals surface area (Å²) in [4.78, 5) is 10.7. The van der Waals surface area contributed by atoms with E-state index in [1.807, 2.05) is 43.3 Å². The quantitative estimate of drug-likeness (QED) is 0.828. The van der Waals surface area contributed by atoms with Crippen LogP contribution in [-0.4, -0.2) is 60.7 Å². The van der Waals surface area contributed by atoms with Crippen LogP contribution in [0.15, 0.2) is 36.4 Å². The molecule has 1 aromatic carbocycles. The van der Waals surface area contributed by atoms with Crippen molar-refractivity contribution in [2.45, 2.75) is 13.0 Å². The fraction of sp³-hybridized carbons (Fsp3) is 0.474. The summed E-state index contributed by atoms with van der Waals surface area (Å²) in [6.45, 7) is 3.89. The average Bonchev–Trinajstić information content (AvgIpc) is 3.19. The third-order valence-electron chi connectivity index (χ3n) is 5.70. The number of nitrogen functional groups attached to an aromatic ring is 1. The van der Waals surface area contributed by atoms with Crippen molar-refractivity contribution in [2.75, 3.05) is 44.4 Å². The number of nitrogens with two attached hydrogens (primary N) is 1. The molecule has 2 aromatic rings. The fourth-order valence-electron chi connectivity index (χ4n) is 4.44. The van der Waals surface area contributed by atoms with E-state index in [0.29, 0.717) is 6.54 Å². The van der Waals surface area contributed by atoms with Gasteiger partial charge in [-0.3, -0.25) is 0 Å². The minimum atomic E-state index is -3.51. The minimum Gasteiger partial charge on any atom is -0.368 e. The van der Waals surface area contributed by atoms with Gasteiger partial charge in [0.05, 0.1) is 6.04 Å². The molecule has 0 unspecified atom stereocenters. The van der Waals surface area contributed by atoms with E-state index < -0.39 is 10.2 Å². The topological polar surface area (TPSA) is 95.7 Å². The second-order valence-corrected chi connectivity index (χ2v) is 9.86. The van der Waals surface area contributed by atoms with E-state index >= 15 is 0 Å². The van der Waals surface area contributed by atoms with Crippen molar-refractivity contribution in [3.05, 3.63) is 47.7 Å². The van der Waals surface area contributed by atoms with Crippen molar-refractivity contribution in [3.63, 3.8) is 0 Å². The summed E-state index contributed by atoms with van der Waals surface area (Å²) < 4.78 is 28.9. The van der Waals surface area contributed by atoms with Gasteiger partial charge in [0.1, 0.15) is 5.82 Å². The average molecular weight is 403 g/mol. The Bertz CT molecular complexity index is 945. The van der Waals surface area contributed by atoms with E-state index in [-0.39, 0.29) is 23.8 Å². The van der Waals surface area contributed by atoms with Gasteiger partial charge in [-0.1, -0.05) is 30.3 Å². The van der Waals surface area contributed by atoms with Crippen LogP contribution in [0.1, 0.15) is 17.3 Å². The van der Waals surface area contributed by atoms with Gasteiger partial charge in [-0.15, -0.1) is 0 Å². The van der Waals surface area contributed by atoms with E-state index in [1.54, 1.807) is 18.4 Å². The zero-order valence-electron chi connectivity index (χ0n) is 16.4. The van der Waals surface area contributed by atoms with Crippen molar-refractivity contribution in [1.29, 1.82) is 0 Å². The first-order chi connectivity index (χ1) is 13.3. The lowest BCUT2D eigenvalue weighted by atomic mass is 9.90. The maximum atomic E-state index is 13.0. The van der Waals surface area contributed by atoms with E-state index in [0.717, 1.165) is 30.2 Å². The van der Waals surface area contributed by atoms with Crippen molar-refractivity contribution in [1.82, 2.24) is 18.6 Å². The van der Waals surface area contributed by atoms with Gasteiger partial charge in [-0.2, -0.15) is 22.0 Å². The Balaban J connectivity index is 1.68. The number of benzene rings is 1. The molecule has 8 nitrogen and oxygen atoms in total. The molecule has 0 amide bonds. The SMILES string of the molecule is Cc1cc(N2C[C@H]3CN(S(=O)(=O)N(C)C)[C@H](c4ccccc4)[C@H]3C2)nc(N)n1. The molecular weight excluding hydrogens is 376 g/mol. The van der Waals surface area contributed by atoms with Gasteiger partial charge in [0.25, 0.3) is 10.2 Å². The number of anilines is 2. The van der Waals surface area contributed by atoms with Crippen LogP contribution in [0.5, 0.6) is 0 Å². The number of hydrogen-bond donors (Lipinski definition) is 1. The Hall–Kier alpha value is -2.23. The largest absolute Gasteiger partial charge is 0.368 e. The highest BCUT2D eigenvalue weighted by Crippen LogP contribution is 2.47. The molecule has 0 aliphatic carbocycles. The molecule has 2 fully saturated rings. The van der Waals surface area contributed by atoms with Crippen LogP contribution in [0.25, 0.3) is 0 Å². The van der Waals surface area contributed by atoms with Gasteiger partial charge in [-0.25, -0.2) is 4.98 Å². The second kappa shape index (κ2) is 6.98. The molecule has 0 radical (unpaired) electrons. The zero-order valence-corrected chi connectivity index (χ0v) is 17.2. The summed E-state index contributed by atoms with van der Waals surface area (Å²) in [6, 6.07) is 11.6. The third kappa shape index (κ3) is 3.23. The predicted octanol–water partition coefficient (Wildman–Crippen LogP) is 1.28. The molecule has 2 N–H and O–H groups in total. The summed E-state index contributed by atoms with van der Waals surface area (Å²) in [5.41, 5.74) is 7.69. The Morgan fingerprint density at radius 1 is 1.11 bits per heavy atom. The monoisotopic (exact) mass is 402 g/mol. The predicted molar refractivity (Wildman–Crippen MR) is 109 cm³/mol. The molecule has 0 bridgehead atoms. The number of aromatic nitrogens is 2. The normalized spacial score (nSPS) is 25.4. The fourth-order valence-corrected chi connectivity index (χ4v) is 5.80. The van der Waals surface area contributed by atoms with Gasteiger partial charge in [0.15, 0.2) is 0 Å². The van der Waals surface area contributed by atoms with Crippen molar-refractivity contribution in [2.24, 2.45) is 11.8 Å². The maximum Gasteiger partial charge on any atom is 0.282 e. The van der Waals surface area contributed by atoms with Gasteiger partial charge in [-0.05, 0) is 18.4 Å². The summed E-state index contributed by atoms with van der Waals surface area (Å²) >= 11 is 0. The first-order valence-electron chi connectivity index (χ1n) is 9.37. The molecule has 3 atom stereocenters. The summed E-state index contributed by atoms with van der Waals surface area (Å²) in [7, 11) is -0.334. The van der Waals surface area contributed by atoms with E-state index in [9.17, 15) is 8.42 Å². The highest BCUT2D eigenvalue weighted by molar-refractivity contribution is 7.86. The lowest BCUT2D eigenvalue weighted by molar-refractivity contribution is 0.327. The van der Waals surface area contributed by atoms with Crippen LogP contribution in [0.4, 0.5) is 11.8 Å².